The molecule has 0 saturated heterocycles. The summed E-state index contributed by atoms with van der Waals surface area (Å²) in [5.74, 6) is -0.773. The highest BCUT2D eigenvalue weighted by atomic mass is 35.5. The van der Waals surface area contributed by atoms with Crippen LogP contribution in [0.25, 0.3) is 0 Å². The van der Waals surface area contributed by atoms with Crippen LogP contribution in [0.15, 0.2) is 54.6 Å². The Morgan fingerprint density at radius 1 is 0.938 bits per heavy atom. The lowest BCUT2D eigenvalue weighted by Crippen LogP contribution is -2.41. The molecule has 3 aromatic rings. The smallest absolute Gasteiger partial charge is 0.264 e. The van der Waals surface area contributed by atoms with Crippen LogP contribution in [0, 0.1) is 27.7 Å². The van der Waals surface area contributed by atoms with E-state index in [1.807, 2.05) is 64.1 Å². The maximum atomic E-state index is 13.5. The molecule has 0 unspecified atom stereocenters. The molecule has 1 heterocycles. The fourth-order valence-corrected chi connectivity index (χ4v) is 4.84. The van der Waals surface area contributed by atoms with Crippen LogP contribution in [0.3, 0.4) is 0 Å². The molecule has 4 nitrogen and oxygen atoms in total. The summed E-state index contributed by atoms with van der Waals surface area (Å²) in [4.78, 5) is 28.4. The predicted octanol–water partition coefficient (Wildman–Crippen LogP) is 5.58. The van der Waals surface area contributed by atoms with E-state index < -0.39 is 11.5 Å². The highest BCUT2D eigenvalue weighted by Crippen LogP contribution is 2.45. The van der Waals surface area contributed by atoms with E-state index in [1.165, 1.54) is 0 Å². The number of benzene rings is 3. The molecule has 0 bridgehead atoms. The number of rotatable bonds is 5. The van der Waals surface area contributed by atoms with Gasteiger partial charge in [-0.3, -0.25) is 9.59 Å². The number of nitrogens with zero attached hydrogens (tertiary/aromatic N) is 1. The molecule has 5 heteroatoms. The summed E-state index contributed by atoms with van der Waals surface area (Å²) >= 11 is 6.22. The van der Waals surface area contributed by atoms with Gasteiger partial charge in [0, 0.05) is 16.1 Å². The number of aliphatic hydroxyl groups is 1. The third-order valence-electron chi connectivity index (χ3n) is 6.13. The molecule has 32 heavy (non-hydrogen) atoms. The summed E-state index contributed by atoms with van der Waals surface area (Å²) in [5.41, 5.74) is 4.33. The minimum Gasteiger partial charge on any atom is -0.375 e. The monoisotopic (exact) mass is 447 g/mol. The Morgan fingerprint density at radius 3 is 2.19 bits per heavy atom. The van der Waals surface area contributed by atoms with Crippen molar-refractivity contribution in [3.05, 3.63) is 98.6 Å². The van der Waals surface area contributed by atoms with Gasteiger partial charge in [-0.1, -0.05) is 59.1 Å². The number of halogens is 1. The molecule has 1 amide bonds. The minimum atomic E-state index is -1.97. The van der Waals surface area contributed by atoms with Crippen LogP contribution >= 0.6 is 11.6 Å². The van der Waals surface area contributed by atoms with Crippen LogP contribution in [0.1, 0.15) is 50.2 Å². The topological polar surface area (TPSA) is 57.6 Å². The third-order valence-corrected chi connectivity index (χ3v) is 6.36. The number of aryl methyl sites for hydroxylation is 4. The fourth-order valence-electron chi connectivity index (χ4n) is 4.67. The van der Waals surface area contributed by atoms with Gasteiger partial charge in [0.05, 0.1) is 18.7 Å². The second kappa shape index (κ2) is 8.19. The molecule has 1 N–H and O–H groups in total. The van der Waals surface area contributed by atoms with Gasteiger partial charge in [0.1, 0.15) is 0 Å². The minimum absolute atomic E-state index is 0.265. The molecular weight excluding hydrogens is 422 g/mol. The first-order valence-corrected chi connectivity index (χ1v) is 11.0. The number of carbonyl (C=O) groups excluding carboxylic acids is 2. The van der Waals surface area contributed by atoms with Gasteiger partial charge in [-0.05, 0) is 62.6 Å². The van der Waals surface area contributed by atoms with Crippen molar-refractivity contribution in [2.24, 2.45) is 0 Å². The molecule has 0 spiro atoms. The summed E-state index contributed by atoms with van der Waals surface area (Å²) in [6, 6.07) is 16.8. The molecule has 4 rings (SSSR count). The summed E-state index contributed by atoms with van der Waals surface area (Å²) in [7, 11) is 0. The number of carbonyl (C=O) groups is 2. The Morgan fingerprint density at radius 2 is 1.56 bits per heavy atom. The zero-order valence-corrected chi connectivity index (χ0v) is 19.5. The molecule has 0 fully saturated rings. The maximum absolute atomic E-state index is 13.5. The van der Waals surface area contributed by atoms with Gasteiger partial charge < -0.3 is 10.0 Å². The largest absolute Gasteiger partial charge is 0.375 e. The van der Waals surface area contributed by atoms with Gasteiger partial charge in [-0.2, -0.15) is 0 Å². The van der Waals surface area contributed by atoms with Gasteiger partial charge in [0.2, 0.25) is 0 Å². The van der Waals surface area contributed by atoms with E-state index in [9.17, 15) is 14.7 Å². The number of anilines is 1. The van der Waals surface area contributed by atoms with E-state index in [1.54, 1.807) is 23.1 Å². The van der Waals surface area contributed by atoms with Gasteiger partial charge >= 0.3 is 0 Å². The average molecular weight is 448 g/mol. The molecule has 1 aliphatic heterocycles. The SMILES string of the molecule is Cc1ccc(CN2C(=O)[C@@](O)(CC(=O)c3c(C)cc(C)cc3C)c3cc(Cl)ccc32)cc1. The molecule has 164 valence electrons. The Labute approximate surface area is 193 Å². The molecule has 0 saturated carbocycles. The van der Waals surface area contributed by atoms with Crippen LogP contribution in [0.5, 0.6) is 0 Å². The molecular formula is C27H26ClNO3. The number of fused-ring (bicyclic) bond motifs is 1. The molecule has 1 aliphatic rings. The van der Waals surface area contributed by atoms with E-state index >= 15 is 0 Å². The van der Waals surface area contributed by atoms with E-state index in [2.05, 4.69) is 0 Å². The zero-order chi connectivity index (χ0) is 23.2. The molecule has 0 aliphatic carbocycles. The van der Waals surface area contributed by atoms with Crippen molar-refractivity contribution in [2.45, 2.75) is 46.3 Å². The van der Waals surface area contributed by atoms with Crippen molar-refractivity contribution in [3.63, 3.8) is 0 Å². The van der Waals surface area contributed by atoms with E-state index in [4.69, 9.17) is 11.6 Å². The highest BCUT2D eigenvalue weighted by molar-refractivity contribution is 6.31. The standard InChI is InChI=1S/C27H26ClNO3/c1-16-5-7-20(8-6-16)15-29-23-10-9-21(28)13-22(23)27(32,26(29)31)14-24(30)25-18(3)11-17(2)12-19(25)4/h5-13,32H,14-15H2,1-4H3/t27-/m1/s1. The lowest BCUT2D eigenvalue weighted by Gasteiger charge is -2.23. The molecule has 0 radical (unpaired) electrons. The van der Waals surface area contributed by atoms with Crippen molar-refractivity contribution < 1.29 is 14.7 Å². The fraction of sp³-hybridized carbons (Fsp3) is 0.259. The Balaban J connectivity index is 1.73. The van der Waals surface area contributed by atoms with Crippen molar-refractivity contribution >= 4 is 29.0 Å². The van der Waals surface area contributed by atoms with Crippen LogP contribution < -0.4 is 4.90 Å². The van der Waals surface area contributed by atoms with E-state index in [-0.39, 0.29) is 12.2 Å². The summed E-state index contributed by atoms with van der Waals surface area (Å²) in [5, 5.41) is 12.0. The second-order valence-electron chi connectivity index (χ2n) is 8.77. The first-order chi connectivity index (χ1) is 15.1. The Bertz CT molecular complexity index is 1210. The van der Waals surface area contributed by atoms with Gasteiger partial charge in [0.25, 0.3) is 5.91 Å². The number of Topliss-reactive ketones (excluding diaryl/α,β-unsaturated/α-hetero) is 1. The molecule has 1 atom stereocenters. The van der Waals surface area contributed by atoms with Crippen LogP contribution in [0.2, 0.25) is 5.02 Å². The van der Waals surface area contributed by atoms with Crippen molar-refractivity contribution in [1.82, 2.24) is 0 Å². The van der Waals surface area contributed by atoms with Crippen LogP contribution in [0.4, 0.5) is 5.69 Å². The highest BCUT2D eigenvalue weighted by Gasteiger charge is 2.51. The summed E-state index contributed by atoms with van der Waals surface area (Å²) in [6.07, 6.45) is -0.339. The number of ketones is 1. The van der Waals surface area contributed by atoms with Crippen molar-refractivity contribution in [2.75, 3.05) is 4.90 Å². The van der Waals surface area contributed by atoms with Crippen molar-refractivity contribution in [1.29, 1.82) is 0 Å². The second-order valence-corrected chi connectivity index (χ2v) is 9.21. The Kier molecular flexibility index (Phi) is 5.70. The predicted molar refractivity (Wildman–Crippen MR) is 127 cm³/mol. The molecule has 0 aromatic heterocycles. The lowest BCUT2D eigenvalue weighted by molar-refractivity contribution is -0.136. The van der Waals surface area contributed by atoms with Crippen molar-refractivity contribution in [3.8, 4) is 0 Å². The van der Waals surface area contributed by atoms with E-state index in [0.717, 1.165) is 27.8 Å². The van der Waals surface area contributed by atoms with E-state index in [0.29, 0.717) is 28.4 Å². The quantitative estimate of drug-likeness (QED) is 0.519. The number of amides is 1. The third kappa shape index (κ3) is 3.85. The lowest BCUT2D eigenvalue weighted by atomic mass is 9.85. The number of hydrogen-bond donors (Lipinski definition) is 1. The first-order valence-electron chi connectivity index (χ1n) is 10.6. The summed E-state index contributed by atoms with van der Waals surface area (Å²) < 4.78 is 0. The Hall–Kier alpha value is -2.95. The van der Waals surface area contributed by atoms with Gasteiger partial charge in [-0.15, -0.1) is 0 Å². The van der Waals surface area contributed by atoms with Gasteiger partial charge in [-0.25, -0.2) is 0 Å². The first kappa shape index (κ1) is 22.3. The maximum Gasteiger partial charge on any atom is 0.264 e. The average Bonchev–Trinajstić information content (AvgIpc) is 2.90. The van der Waals surface area contributed by atoms with Crippen LogP contribution in [-0.4, -0.2) is 16.8 Å². The number of hydrogen-bond acceptors (Lipinski definition) is 3. The van der Waals surface area contributed by atoms with Crippen LogP contribution in [-0.2, 0) is 16.9 Å². The zero-order valence-electron chi connectivity index (χ0n) is 18.7. The molecule has 3 aromatic carbocycles. The summed E-state index contributed by atoms with van der Waals surface area (Å²) in [6.45, 7) is 8.03. The normalized spacial score (nSPS) is 17.6. The van der Waals surface area contributed by atoms with Gasteiger partial charge in [0.15, 0.2) is 11.4 Å².